The molecule has 0 aliphatic heterocycles. The molecular formula is C21H17N3O3S. The number of hydrogen-bond acceptors (Lipinski definition) is 6. The number of nitrogens with one attached hydrogen (secondary N) is 1. The first kappa shape index (κ1) is 18.1. The van der Waals surface area contributed by atoms with Crippen LogP contribution in [0, 0.1) is 0 Å². The van der Waals surface area contributed by atoms with Crippen LogP contribution in [0.4, 0.5) is 5.69 Å². The molecule has 4 rings (SSSR count). The quantitative estimate of drug-likeness (QED) is 0.483. The first-order valence-electron chi connectivity index (χ1n) is 8.61. The van der Waals surface area contributed by atoms with E-state index in [1.165, 1.54) is 11.8 Å². The van der Waals surface area contributed by atoms with E-state index >= 15 is 0 Å². The number of benzene rings is 3. The summed E-state index contributed by atoms with van der Waals surface area (Å²) in [6.45, 7) is 0. The van der Waals surface area contributed by atoms with Crippen molar-refractivity contribution >= 4 is 34.1 Å². The predicted molar refractivity (Wildman–Crippen MR) is 110 cm³/mol. The zero-order chi connectivity index (χ0) is 19.3. The predicted octanol–water partition coefficient (Wildman–Crippen LogP) is 4.63. The molecule has 140 valence electrons. The fourth-order valence-corrected chi connectivity index (χ4v) is 3.35. The van der Waals surface area contributed by atoms with Gasteiger partial charge in [0, 0.05) is 11.3 Å². The third-order valence-electron chi connectivity index (χ3n) is 4.13. The highest BCUT2D eigenvalue weighted by molar-refractivity contribution is 7.99. The Hall–Kier alpha value is -3.32. The zero-order valence-electron chi connectivity index (χ0n) is 15.1. The molecule has 1 N–H and O–H groups in total. The lowest BCUT2D eigenvalue weighted by molar-refractivity contribution is -0.113. The molecule has 28 heavy (non-hydrogen) atoms. The lowest BCUT2D eigenvalue weighted by Gasteiger charge is -2.05. The van der Waals surface area contributed by atoms with Gasteiger partial charge in [0.05, 0.1) is 12.9 Å². The second-order valence-corrected chi connectivity index (χ2v) is 6.89. The maximum Gasteiger partial charge on any atom is 0.277 e. The second kappa shape index (κ2) is 8.14. The molecule has 6 nitrogen and oxygen atoms in total. The number of amides is 1. The van der Waals surface area contributed by atoms with Gasteiger partial charge in [-0.3, -0.25) is 4.79 Å². The Balaban J connectivity index is 1.41. The van der Waals surface area contributed by atoms with Crippen molar-refractivity contribution in [3.05, 3.63) is 66.7 Å². The highest BCUT2D eigenvalue weighted by Crippen LogP contribution is 2.29. The third kappa shape index (κ3) is 3.99. The minimum Gasteiger partial charge on any atom is -0.497 e. The molecule has 0 saturated carbocycles. The van der Waals surface area contributed by atoms with Crippen LogP contribution in [-0.2, 0) is 4.79 Å². The number of ether oxygens (including phenoxy) is 1. The van der Waals surface area contributed by atoms with Crippen LogP contribution in [0.2, 0.25) is 0 Å². The number of nitrogens with zero attached hydrogens (tertiary/aromatic N) is 2. The second-order valence-electron chi connectivity index (χ2n) is 5.97. The average molecular weight is 391 g/mol. The Labute approximate surface area is 165 Å². The van der Waals surface area contributed by atoms with E-state index in [2.05, 4.69) is 15.5 Å². The Morgan fingerprint density at radius 1 is 1.04 bits per heavy atom. The summed E-state index contributed by atoms with van der Waals surface area (Å²) >= 11 is 1.20. The molecule has 1 heterocycles. The van der Waals surface area contributed by atoms with Gasteiger partial charge in [0.2, 0.25) is 11.8 Å². The van der Waals surface area contributed by atoms with Crippen LogP contribution in [-0.4, -0.2) is 29.0 Å². The van der Waals surface area contributed by atoms with Crippen molar-refractivity contribution in [1.82, 2.24) is 10.2 Å². The Kier molecular flexibility index (Phi) is 5.25. The summed E-state index contributed by atoms with van der Waals surface area (Å²) in [6.07, 6.45) is 0. The number of thioether (sulfide) groups is 1. The minimum atomic E-state index is -0.153. The number of aromatic nitrogens is 2. The van der Waals surface area contributed by atoms with Gasteiger partial charge in [-0.05, 0) is 41.1 Å². The van der Waals surface area contributed by atoms with Gasteiger partial charge in [-0.2, -0.15) is 0 Å². The van der Waals surface area contributed by atoms with Gasteiger partial charge < -0.3 is 14.5 Å². The molecule has 3 aromatic carbocycles. The summed E-state index contributed by atoms with van der Waals surface area (Å²) in [5, 5.41) is 13.5. The van der Waals surface area contributed by atoms with E-state index in [-0.39, 0.29) is 11.7 Å². The van der Waals surface area contributed by atoms with E-state index in [0.717, 1.165) is 22.1 Å². The molecular weight excluding hydrogens is 374 g/mol. The maximum absolute atomic E-state index is 12.1. The van der Waals surface area contributed by atoms with Crippen LogP contribution in [0.15, 0.2) is 76.4 Å². The molecule has 1 aromatic heterocycles. The first-order valence-corrected chi connectivity index (χ1v) is 9.60. The first-order chi connectivity index (χ1) is 13.7. The van der Waals surface area contributed by atoms with Crippen LogP contribution in [0.25, 0.3) is 22.2 Å². The van der Waals surface area contributed by atoms with Crippen LogP contribution < -0.4 is 10.1 Å². The molecule has 4 aromatic rings. The summed E-state index contributed by atoms with van der Waals surface area (Å²) in [5.41, 5.74) is 1.58. The zero-order valence-corrected chi connectivity index (χ0v) is 15.9. The lowest BCUT2D eigenvalue weighted by atomic mass is 10.0. The van der Waals surface area contributed by atoms with E-state index in [0.29, 0.717) is 16.8 Å². The fourth-order valence-electron chi connectivity index (χ4n) is 2.79. The van der Waals surface area contributed by atoms with Crippen molar-refractivity contribution < 1.29 is 13.9 Å². The number of rotatable bonds is 6. The van der Waals surface area contributed by atoms with Crippen LogP contribution in [0.5, 0.6) is 5.75 Å². The smallest absolute Gasteiger partial charge is 0.277 e. The summed E-state index contributed by atoms with van der Waals surface area (Å²) in [5.74, 6) is 1.19. The van der Waals surface area contributed by atoms with Gasteiger partial charge in [0.25, 0.3) is 5.22 Å². The number of anilines is 1. The summed E-state index contributed by atoms with van der Waals surface area (Å²) in [7, 11) is 1.60. The van der Waals surface area contributed by atoms with Crippen molar-refractivity contribution in [1.29, 1.82) is 0 Å². The minimum absolute atomic E-state index is 0.153. The molecule has 0 aliphatic carbocycles. The number of carbonyl (C=O) groups is 1. The van der Waals surface area contributed by atoms with Gasteiger partial charge in [0.1, 0.15) is 5.75 Å². The van der Waals surface area contributed by atoms with Crippen LogP contribution in [0.1, 0.15) is 0 Å². The van der Waals surface area contributed by atoms with Gasteiger partial charge in [0.15, 0.2) is 0 Å². The highest BCUT2D eigenvalue weighted by atomic mass is 32.2. The van der Waals surface area contributed by atoms with E-state index in [9.17, 15) is 4.79 Å². The summed E-state index contributed by atoms with van der Waals surface area (Å²) in [6, 6.07) is 21.1. The summed E-state index contributed by atoms with van der Waals surface area (Å²) in [4.78, 5) is 12.1. The molecule has 1 amide bonds. The molecule has 0 atom stereocenters. The molecule has 0 bridgehead atoms. The highest BCUT2D eigenvalue weighted by Gasteiger charge is 2.13. The standard InChI is InChI=1S/C21H17N3O3S/c1-26-16-11-9-15(10-12-16)22-19(25)13-28-21-24-23-20(27-21)18-8-4-6-14-5-2-3-7-17(14)18/h2-12H,13H2,1H3,(H,22,25). The van der Waals surface area contributed by atoms with Gasteiger partial charge in [-0.25, -0.2) is 0 Å². The molecule has 0 fully saturated rings. The van der Waals surface area contributed by atoms with E-state index < -0.39 is 0 Å². The lowest BCUT2D eigenvalue weighted by Crippen LogP contribution is -2.13. The SMILES string of the molecule is COc1ccc(NC(=O)CSc2nnc(-c3cccc4ccccc34)o2)cc1. The van der Waals surface area contributed by atoms with Gasteiger partial charge in [-0.1, -0.05) is 48.2 Å². The van der Waals surface area contributed by atoms with Crippen LogP contribution >= 0.6 is 11.8 Å². The number of methoxy groups -OCH3 is 1. The molecule has 0 aliphatic rings. The molecule has 0 saturated heterocycles. The molecule has 0 unspecified atom stereocenters. The Morgan fingerprint density at radius 3 is 2.64 bits per heavy atom. The molecule has 0 radical (unpaired) electrons. The average Bonchev–Trinajstić information content (AvgIpc) is 3.21. The number of carbonyl (C=O) groups excluding carboxylic acids is 1. The van der Waals surface area contributed by atoms with Crippen molar-refractivity contribution in [2.24, 2.45) is 0 Å². The van der Waals surface area contributed by atoms with Gasteiger partial charge >= 0.3 is 0 Å². The monoisotopic (exact) mass is 391 g/mol. The fraction of sp³-hybridized carbons (Fsp3) is 0.0952. The number of hydrogen-bond donors (Lipinski definition) is 1. The maximum atomic E-state index is 12.1. The molecule has 0 spiro atoms. The van der Waals surface area contributed by atoms with Crippen molar-refractivity contribution in [3.63, 3.8) is 0 Å². The molecule has 7 heteroatoms. The van der Waals surface area contributed by atoms with Crippen molar-refractivity contribution in [2.45, 2.75) is 5.22 Å². The Bertz CT molecular complexity index is 1100. The third-order valence-corrected chi connectivity index (χ3v) is 4.95. The Morgan fingerprint density at radius 2 is 1.82 bits per heavy atom. The normalized spacial score (nSPS) is 10.8. The van der Waals surface area contributed by atoms with Crippen molar-refractivity contribution in [2.75, 3.05) is 18.2 Å². The largest absolute Gasteiger partial charge is 0.497 e. The number of fused-ring (bicyclic) bond motifs is 1. The van der Waals surface area contributed by atoms with E-state index in [4.69, 9.17) is 9.15 Å². The van der Waals surface area contributed by atoms with E-state index in [1.54, 1.807) is 31.4 Å². The van der Waals surface area contributed by atoms with E-state index in [1.807, 2.05) is 42.5 Å². The van der Waals surface area contributed by atoms with Gasteiger partial charge in [-0.15, -0.1) is 10.2 Å². The summed E-state index contributed by atoms with van der Waals surface area (Å²) < 4.78 is 10.9. The van der Waals surface area contributed by atoms with Crippen LogP contribution in [0.3, 0.4) is 0 Å². The van der Waals surface area contributed by atoms with Crippen molar-refractivity contribution in [3.8, 4) is 17.2 Å². The topological polar surface area (TPSA) is 77.2 Å².